The van der Waals surface area contributed by atoms with Crippen LogP contribution in [0.2, 0.25) is 0 Å². The maximum Gasteiger partial charge on any atom is 0.421 e. The fourth-order valence-corrected chi connectivity index (χ4v) is 2.65. The third-order valence-corrected chi connectivity index (χ3v) is 3.78. The number of amides is 1. The van der Waals surface area contributed by atoms with Gasteiger partial charge >= 0.3 is 16.3 Å². The fraction of sp³-hybridized carbons (Fsp3) is 0.900. The Morgan fingerprint density at radius 2 is 2.00 bits per heavy atom. The monoisotopic (exact) mass is 281 g/mol. The van der Waals surface area contributed by atoms with Gasteiger partial charge in [0.2, 0.25) is 0 Å². The van der Waals surface area contributed by atoms with Crippen LogP contribution < -0.4 is 10.5 Å². The molecule has 0 aromatic heterocycles. The van der Waals surface area contributed by atoms with Crippen molar-refractivity contribution in [3.63, 3.8) is 0 Å². The van der Waals surface area contributed by atoms with E-state index in [1.54, 1.807) is 0 Å². The Kier molecular flexibility index (Phi) is 6.58. The van der Waals surface area contributed by atoms with Crippen LogP contribution in [-0.4, -0.2) is 45.6 Å². The number of hydrogen-bond donors (Lipinski definition) is 2. The second kappa shape index (κ2) is 6.91. The highest BCUT2D eigenvalue weighted by Gasteiger charge is 2.29. The summed E-state index contributed by atoms with van der Waals surface area (Å²) in [5.74, 6) is 0. The van der Waals surface area contributed by atoms with Crippen molar-refractivity contribution in [3.8, 4) is 0 Å². The summed E-state index contributed by atoms with van der Waals surface area (Å²) in [4.78, 5) is 11.0. The predicted octanol–water partition coefficient (Wildman–Crippen LogP) is 0.284. The average molecular weight is 281 g/mol. The number of rotatable bonds is 7. The molecule has 0 rings (SSSR count). The van der Waals surface area contributed by atoms with Crippen LogP contribution in [0.25, 0.3) is 0 Å². The number of nitrogens with one attached hydrogen (secondary N) is 1. The van der Waals surface area contributed by atoms with Crippen LogP contribution in [-0.2, 0) is 14.9 Å². The second-order valence-electron chi connectivity index (χ2n) is 4.80. The molecular weight excluding hydrogens is 258 g/mol. The van der Waals surface area contributed by atoms with E-state index in [2.05, 4.69) is 4.74 Å². The Balaban J connectivity index is 4.93. The summed E-state index contributed by atoms with van der Waals surface area (Å²) in [7, 11) is -2.78. The Labute approximate surface area is 109 Å². The van der Waals surface area contributed by atoms with Crippen molar-refractivity contribution in [2.75, 3.05) is 26.7 Å². The maximum atomic E-state index is 12.0. The number of carbonyl (C=O) groups excluding carboxylic acids is 1. The molecule has 0 saturated carbocycles. The van der Waals surface area contributed by atoms with Gasteiger partial charge in [-0.15, -0.1) is 0 Å². The lowest BCUT2D eigenvalue weighted by atomic mass is 9.94. The van der Waals surface area contributed by atoms with Gasteiger partial charge in [-0.3, -0.25) is 0 Å². The van der Waals surface area contributed by atoms with E-state index in [-0.39, 0.29) is 12.0 Å². The van der Waals surface area contributed by atoms with Gasteiger partial charge in [0.15, 0.2) is 0 Å². The first-order chi connectivity index (χ1) is 8.18. The summed E-state index contributed by atoms with van der Waals surface area (Å²) >= 11 is 0. The highest BCUT2D eigenvalue weighted by atomic mass is 32.2. The molecule has 0 spiro atoms. The number of carbonyl (C=O) groups is 1. The van der Waals surface area contributed by atoms with Gasteiger partial charge in [0, 0.05) is 13.1 Å². The molecule has 0 fully saturated rings. The van der Waals surface area contributed by atoms with Crippen molar-refractivity contribution in [1.82, 2.24) is 9.03 Å². The summed E-state index contributed by atoms with van der Waals surface area (Å²) in [5.41, 5.74) is 5.23. The van der Waals surface area contributed by atoms with Gasteiger partial charge in [-0.05, 0) is 18.4 Å². The largest absolute Gasteiger partial charge is 0.452 e. The molecule has 0 unspecified atom stereocenters. The number of hydrogen-bond acceptors (Lipinski definition) is 5. The van der Waals surface area contributed by atoms with Crippen molar-refractivity contribution in [2.45, 2.75) is 27.2 Å². The highest BCUT2D eigenvalue weighted by Crippen LogP contribution is 2.17. The number of nitrogens with zero attached hydrogens (tertiary/aromatic N) is 1. The average Bonchev–Trinajstić information content (AvgIpc) is 2.27. The van der Waals surface area contributed by atoms with Crippen LogP contribution in [0.3, 0.4) is 0 Å². The zero-order chi connectivity index (χ0) is 14.4. The van der Waals surface area contributed by atoms with Crippen LogP contribution in [0.5, 0.6) is 0 Å². The molecule has 0 heterocycles. The van der Waals surface area contributed by atoms with Gasteiger partial charge in [0.1, 0.15) is 0 Å². The molecule has 108 valence electrons. The van der Waals surface area contributed by atoms with Gasteiger partial charge in [0.05, 0.1) is 7.11 Å². The van der Waals surface area contributed by atoms with Crippen LogP contribution in [0.1, 0.15) is 27.2 Å². The van der Waals surface area contributed by atoms with Gasteiger partial charge in [-0.1, -0.05) is 20.8 Å². The standard InChI is InChI=1S/C10H23N3O4S/c1-5-6-13(8-10(2,3)7-11)18(15,16)12-9(14)17-4/h5-8,11H2,1-4H3,(H,12,14). The summed E-state index contributed by atoms with van der Waals surface area (Å²) in [6.45, 7) is 6.49. The molecule has 8 heteroatoms. The van der Waals surface area contributed by atoms with E-state index in [0.29, 0.717) is 19.5 Å². The zero-order valence-electron chi connectivity index (χ0n) is 11.4. The van der Waals surface area contributed by atoms with E-state index in [1.807, 2.05) is 25.5 Å². The Morgan fingerprint density at radius 1 is 1.44 bits per heavy atom. The zero-order valence-corrected chi connectivity index (χ0v) is 12.2. The van der Waals surface area contributed by atoms with Gasteiger partial charge in [-0.2, -0.15) is 12.7 Å². The Bertz CT molecular complexity index is 367. The molecule has 0 bridgehead atoms. The third-order valence-electron chi connectivity index (χ3n) is 2.37. The van der Waals surface area contributed by atoms with Crippen LogP contribution in [0.15, 0.2) is 0 Å². The van der Waals surface area contributed by atoms with Crippen molar-refractivity contribution in [2.24, 2.45) is 11.1 Å². The quantitative estimate of drug-likeness (QED) is 0.698. The summed E-state index contributed by atoms with van der Waals surface area (Å²) < 4.78 is 31.2. The van der Waals surface area contributed by atoms with E-state index in [1.165, 1.54) is 4.31 Å². The number of nitrogens with two attached hydrogens (primary N) is 1. The SMILES string of the molecule is CCCN(CC(C)(C)CN)S(=O)(=O)NC(=O)OC. The van der Waals surface area contributed by atoms with E-state index in [0.717, 1.165) is 7.11 Å². The Morgan fingerprint density at radius 3 is 2.39 bits per heavy atom. The minimum Gasteiger partial charge on any atom is -0.452 e. The van der Waals surface area contributed by atoms with Gasteiger partial charge in [0.25, 0.3) is 0 Å². The lowest BCUT2D eigenvalue weighted by Gasteiger charge is -2.30. The molecule has 7 nitrogen and oxygen atoms in total. The summed E-state index contributed by atoms with van der Waals surface area (Å²) in [5, 5.41) is 0. The lowest BCUT2D eigenvalue weighted by molar-refractivity contribution is 0.176. The third kappa shape index (κ3) is 5.65. The van der Waals surface area contributed by atoms with Crippen molar-refractivity contribution >= 4 is 16.3 Å². The Hall–Kier alpha value is -0.860. The van der Waals surface area contributed by atoms with Crippen LogP contribution in [0.4, 0.5) is 4.79 Å². The molecule has 18 heavy (non-hydrogen) atoms. The first-order valence-electron chi connectivity index (χ1n) is 5.74. The van der Waals surface area contributed by atoms with E-state index >= 15 is 0 Å². The van der Waals surface area contributed by atoms with Crippen molar-refractivity contribution in [1.29, 1.82) is 0 Å². The molecule has 0 aliphatic heterocycles. The summed E-state index contributed by atoms with van der Waals surface area (Å²) in [6.07, 6.45) is -0.357. The molecule has 0 aliphatic rings. The van der Waals surface area contributed by atoms with Gasteiger partial charge in [-0.25, -0.2) is 9.52 Å². The van der Waals surface area contributed by atoms with Crippen LogP contribution >= 0.6 is 0 Å². The first kappa shape index (κ1) is 17.1. The fourth-order valence-electron chi connectivity index (χ4n) is 1.29. The van der Waals surface area contributed by atoms with E-state index in [4.69, 9.17) is 5.73 Å². The normalized spacial score (nSPS) is 12.6. The van der Waals surface area contributed by atoms with Crippen molar-refractivity contribution < 1.29 is 17.9 Å². The maximum absolute atomic E-state index is 12.0. The highest BCUT2D eigenvalue weighted by molar-refractivity contribution is 7.87. The molecule has 0 radical (unpaired) electrons. The molecule has 0 aliphatic carbocycles. The molecule has 1 amide bonds. The molecule has 0 aromatic rings. The minimum absolute atomic E-state index is 0.240. The molecule has 3 N–H and O–H groups in total. The molecule has 0 saturated heterocycles. The minimum atomic E-state index is -3.89. The molecule has 0 atom stereocenters. The topological polar surface area (TPSA) is 102 Å². The number of methoxy groups -OCH3 is 1. The number of ether oxygens (including phenoxy) is 1. The smallest absolute Gasteiger partial charge is 0.421 e. The van der Waals surface area contributed by atoms with Crippen LogP contribution in [0, 0.1) is 5.41 Å². The molecule has 0 aromatic carbocycles. The first-order valence-corrected chi connectivity index (χ1v) is 7.18. The van der Waals surface area contributed by atoms with Crippen molar-refractivity contribution in [3.05, 3.63) is 0 Å². The lowest BCUT2D eigenvalue weighted by Crippen LogP contribution is -2.48. The second-order valence-corrected chi connectivity index (χ2v) is 6.47. The molecular formula is C10H23N3O4S. The predicted molar refractivity (Wildman–Crippen MR) is 69.2 cm³/mol. The van der Waals surface area contributed by atoms with E-state index < -0.39 is 16.3 Å². The summed E-state index contributed by atoms with van der Waals surface area (Å²) in [6, 6.07) is 0. The van der Waals surface area contributed by atoms with Gasteiger partial charge < -0.3 is 10.5 Å². The van der Waals surface area contributed by atoms with E-state index in [9.17, 15) is 13.2 Å².